The Hall–Kier alpha value is -3.11. The number of carbonyl (C=O) groups excluding carboxylic acids is 2. The number of ether oxygens (including phenoxy) is 1. The van der Waals surface area contributed by atoms with E-state index in [1.54, 1.807) is 19.1 Å². The third-order valence-corrected chi connectivity index (χ3v) is 6.22. The smallest absolute Gasteiger partial charge is 0.340 e. The summed E-state index contributed by atoms with van der Waals surface area (Å²) in [6.07, 6.45) is 0. The third-order valence-electron chi connectivity index (χ3n) is 5.01. The summed E-state index contributed by atoms with van der Waals surface area (Å²) in [5.74, 6) is -1.14. The van der Waals surface area contributed by atoms with Gasteiger partial charge in [0.15, 0.2) is 5.78 Å². The van der Waals surface area contributed by atoms with Crippen LogP contribution in [0.1, 0.15) is 32.0 Å². The molecule has 1 N–H and O–H groups in total. The lowest BCUT2D eigenvalue weighted by molar-refractivity contribution is -0.384. The molecule has 10 heteroatoms. The lowest BCUT2D eigenvalue weighted by Gasteiger charge is -2.16. The van der Waals surface area contributed by atoms with Crippen LogP contribution in [0.25, 0.3) is 22.4 Å². The van der Waals surface area contributed by atoms with Crippen LogP contribution in [0.2, 0.25) is 0 Å². The number of aryl methyl sites for hydroxylation is 1. The van der Waals surface area contributed by atoms with Gasteiger partial charge in [0.2, 0.25) is 0 Å². The monoisotopic (exact) mass is 546 g/mol. The second kappa shape index (κ2) is 7.54. The zero-order chi connectivity index (χ0) is 22.6. The maximum atomic E-state index is 13.3. The van der Waals surface area contributed by atoms with Crippen molar-refractivity contribution in [2.24, 2.45) is 0 Å². The highest BCUT2D eigenvalue weighted by Gasteiger charge is 2.36. The molecule has 0 bridgehead atoms. The molecular formula is C21H12Br2N2O6. The molecule has 3 aromatic rings. The van der Waals surface area contributed by atoms with E-state index in [9.17, 15) is 24.8 Å². The fourth-order valence-corrected chi connectivity index (χ4v) is 4.83. The Morgan fingerprint density at radius 1 is 1.13 bits per heavy atom. The number of hydrogen-bond donors (Lipinski definition) is 1. The van der Waals surface area contributed by atoms with E-state index in [-0.39, 0.29) is 39.4 Å². The maximum absolute atomic E-state index is 13.3. The molecule has 156 valence electrons. The van der Waals surface area contributed by atoms with E-state index in [0.717, 1.165) is 0 Å². The van der Waals surface area contributed by atoms with Crippen molar-refractivity contribution in [1.82, 2.24) is 4.98 Å². The van der Waals surface area contributed by atoms with Crippen LogP contribution in [-0.4, -0.2) is 33.9 Å². The minimum absolute atomic E-state index is 0.0453. The molecule has 1 aromatic heterocycles. The Balaban J connectivity index is 2.13. The third kappa shape index (κ3) is 3.22. The van der Waals surface area contributed by atoms with Crippen molar-refractivity contribution in [2.75, 3.05) is 7.11 Å². The van der Waals surface area contributed by atoms with Gasteiger partial charge in [-0.2, -0.15) is 0 Å². The number of nitro groups is 1. The van der Waals surface area contributed by atoms with Crippen LogP contribution in [0.3, 0.4) is 0 Å². The van der Waals surface area contributed by atoms with Gasteiger partial charge in [-0.25, -0.2) is 4.79 Å². The van der Waals surface area contributed by atoms with Gasteiger partial charge in [-0.15, -0.1) is 0 Å². The zero-order valence-corrected chi connectivity index (χ0v) is 19.2. The number of hydrogen-bond acceptors (Lipinski definition) is 7. The minimum atomic E-state index is -0.683. The standard InChI is InChI=1S/C21H12Br2N2O6/c1-8-15(21(28)31-2)16(9-5-13(22)20(27)14(23)6-9)17-18(24-8)12-7-10(25(29)30)3-4-11(12)19(17)26/h3-7,27H,1-2H3. The number of phenols is 1. The van der Waals surface area contributed by atoms with Gasteiger partial charge in [-0.3, -0.25) is 19.9 Å². The highest BCUT2D eigenvalue weighted by atomic mass is 79.9. The summed E-state index contributed by atoms with van der Waals surface area (Å²) in [5, 5.41) is 21.3. The van der Waals surface area contributed by atoms with E-state index in [2.05, 4.69) is 36.8 Å². The van der Waals surface area contributed by atoms with E-state index in [0.29, 0.717) is 25.8 Å². The number of carbonyl (C=O) groups is 2. The van der Waals surface area contributed by atoms with Crippen molar-refractivity contribution in [3.05, 3.63) is 71.8 Å². The number of aromatic nitrogens is 1. The number of aromatic hydroxyl groups is 1. The lowest BCUT2D eigenvalue weighted by Crippen LogP contribution is -2.12. The van der Waals surface area contributed by atoms with Gasteiger partial charge in [-0.1, -0.05) is 0 Å². The second-order valence-corrected chi connectivity index (χ2v) is 8.48. The Morgan fingerprint density at radius 2 is 1.77 bits per heavy atom. The predicted molar refractivity (Wildman–Crippen MR) is 118 cm³/mol. The normalized spacial score (nSPS) is 11.8. The summed E-state index contributed by atoms with van der Waals surface area (Å²) >= 11 is 6.54. The largest absolute Gasteiger partial charge is 0.506 e. The first-order chi connectivity index (χ1) is 14.6. The van der Waals surface area contributed by atoms with Crippen molar-refractivity contribution >= 4 is 49.3 Å². The topological polar surface area (TPSA) is 120 Å². The molecule has 4 rings (SSSR count). The number of non-ortho nitro benzene ring substituents is 1. The average Bonchev–Trinajstić information content (AvgIpc) is 3.01. The Bertz CT molecular complexity index is 1310. The van der Waals surface area contributed by atoms with Crippen LogP contribution in [0.5, 0.6) is 5.75 Å². The highest BCUT2D eigenvalue weighted by molar-refractivity contribution is 9.11. The summed E-state index contributed by atoms with van der Waals surface area (Å²) in [6, 6.07) is 7.08. The summed E-state index contributed by atoms with van der Waals surface area (Å²) in [6.45, 7) is 1.60. The Morgan fingerprint density at radius 3 is 2.35 bits per heavy atom. The van der Waals surface area contributed by atoms with Gasteiger partial charge < -0.3 is 9.84 Å². The number of nitrogens with zero attached hydrogens (tertiary/aromatic N) is 2. The summed E-state index contributed by atoms with van der Waals surface area (Å²) in [7, 11) is 1.22. The van der Waals surface area contributed by atoms with Gasteiger partial charge in [0.25, 0.3) is 5.69 Å². The number of nitro benzene ring substituents is 1. The van der Waals surface area contributed by atoms with Crippen molar-refractivity contribution < 1.29 is 24.4 Å². The predicted octanol–water partition coefficient (Wildman–Crippen LogP) is 5.19. The lowest BCUT2D eigenvalue weighted by atomic mass is 9.92. The molecule has 0 spiro atoms. The Kier molecular flexibility index (Phi) is 5.14. The highest BCUT2D eigenvalue weighted by Crippen LogP contribution is 2.46. The van der Waals surface area contributed by atoms with Gasteiger partial charge in [0, 0.05) is 28.8 Å². The second-order valence-electron chi connectivity index (χ2n) is 6.77. The number of rotatable bonds is 3. The molecule has 0 saturated carbocycles. The number of esters is 1. The van der Waals surface area contributed by atoms with Crippen molar-refractivity contribution in [2.45, 2.75) is 6.92 Å². The number of halogens is 2. The summed E-state index contributed by atoms with van der Waals surface area (Å²) in [5.41, 5.74) is 1.94. The number of benzene rings is 2. The van der Waals surface area contributed by atoms with Crippen molar-refractivity contribution in [3.8, 4) is 28.1 Å². The van der Waals surface area contributed by atoms with E-state index >= 15 is 0 Å². The fraction of sp³-hybridized carbons (Fsp3) is 0.0952. The van der Waals surface area contributed by atoms with Gasteiger partial charge in [0.05, 0.1) is 43.5 Å². The number of fused-ring (bicyclic) bond motifs is 3. The quantitative estimate of drug-likeness (QED) is 0.213. The molecule has 0 unspecified atom stereocenters. The Labute approximate surface area is 192 Å². The van der Waals surface area contributed by atoms with E-state index in [4.69, 9.17) is 4.74 Å². The number of phenolic OH excluding ortho intramolecular Hbond substituents is 1. The van der Waals surface area contributed by atoms with Crippen molar-refractivity contribution in [3.63, 3.8) is 0 Å². The molecular weight excluding hydrogens is 536 g/mol. The van der Waals surface area contributed by atoms with E-state index in [1.807, 2.05) is 0 Å². The minimum Gasteiger partial charge on any atom is -0.506 e. The van der Waals surface area contributed by atoms with Gasteiger partial charge >= 0.3 is 5.97 Å². The molecule has 0 fully saturated rings. The van der Waals surface area contributed by atoms with Crippen LogP contribution >= 0.6 is 31.9 Å². The molecule has 8 nitrogen and oxygen atoms in total. The van der Waals surface area contributed by atoms with Crippen LogP contribution in [0, 0.1) is 17.0 Å². The number of ketones is 1. The van der Waals surface area contributed by atoms with Crippen LogP contribution in [0.15, 0.2) is 39.3 Å². The fourth-order valence-electron chi connectivity index (χ4n) is 3.64. The SMILES string of the molecule is COC(=O)c1c(C)nc2c(c1-c1cc(Br)c(O)c(Br)c1)C(=O)c1ccc([N+](=O)[O-])cc1-2. The van der Waals surface area contributed by atoms with Crippen LogP contribution in [-0.2, 0) is 4.74 Å². The number of pyridine rings is 1. The van der Waals surface area contributed by atoms with E-state index in [1.165, 1.54) is 25.3 Å². The van der Waals surface area contributed by atoms with Crippen LogP contribution < -0.4 is 0 Å². The number of methoxy groups -OCH3 is 1. The van der Waals surface area contributed by atoms with Crippen molar-refractivity contribution in [1.29, 1.82) is 0 Å². The van der Waals surface area contributed by atoms with Gasteiger partial charge in [0.1, 0.15) is 5.75 Å². The molecule has 2 aromatic carbocycles. The molecule has 0 amide bonds. The van der Waals surface area contributed by atoms with Gasteiger partial charge in [-0.05, 0) is 62.5 Å². The summed E-state index contributed by atoms with van der Waals surface area (Å²) in [4.78, 5) is 41.1. The van der Waals surface area contributed by atoms with E-state index < -0.39 is 16.7 Å². The first-order valence-electron chi connectivity index (χ1n) is 8.80. The average molecular weight is 548 g/mol. The molecule has 0 aliphatic heterocycles. The first kappa shape index (κ1) is 21.1. The molecule has 0 atom stereocenters. The maximum Gasteiger partial charge on any atom is 0.340 e. The zero-order valence-electron chi connectivity index (χ0n) is 16.0. The molecule has 31 heavy (non-hydrogen) atoms. The molecule has 0 saturated heterocycles. The molecule has 1 aliphatic rings. The molecule has 1 heterocycles. The summed E-state index contributed by atoms with van der Waals surface area (Å²) < 4.78 is 5.62. The molecule has 0 radical (unpaired) electrons. The molecule has 1 aliphatic carbocycles. The van der Waals surface area contributed by atoms with Crippen LogP contribution in [0.4, 0.5) is 5.69 Å². The first-order valence-corrected chi connectivity index (χ1v) is 10.4.